The predicted octanol–water partition coefficient (Wildman–Crippen LogP) is 4.46. The highest BCUT2D eigenvalue weighted by molar-refractivity contribution is 6.28. The maximum absolute atomic E-state index is 6.02. The van der Waals surface area contributed by atoms with E-state index in [9.17, 15) is 0 Å². The summed E-state index contributed by atoms with van der Waals surface area (Å²) < 4.78 is 0. The van der Waals surface area contributed by atoms with Crippen LogP contribution >= 0.6 is 11.6 Å². The van der Waals surface area contributed by atoms with Gasteiger partial charge in [-0.2, -0.15) is 0 Å². The largest absolute Gasteiger partial charge is 0.340 e. The third-order valence-corrected chi connectivity index (χ3v) is 3.48. The van der Waals surface area contributed by atoms with Gasteiger partial charge in [-0.1, -0.05) is 24.3 Å². The monoisotopic (exact) mass is 289 g/mol. The standard InChI is InChI=1S/C16H20ClN3/c1-3-5-6-9-12(4-2)18-15-13-10-7-8-11-14(13)19-16(17)20-15/h3-6,9H,7-8,10-11H2,1-2H3,(H,18,19,20)/b5-3-,9-6-,12-4+. The van der Waals surface area contributed by atoms with Gasteiger partial charge in [-0.15, -0.1) is 0 Å². The number of halogens is 1. The molecule has 0 unspecified atom stereocenters. The van der Waals surface area contributed by atoms with Crippen molar-refractivity contribution in [1.29, 1.82) is 0 Å². The van der Waals surface area contributed by atoms with Crippen molar-refractivity contribution in [2.24, 2.45) is 0 Å². The van der Waals surface area contributed by atoms with E-state index in [0.29, 0.717) is 5.28 Å². The van der Waals surface area contributed by atoms with Gasteiger partial charge in [0.25, 0.3) is 0 Å². The SMILES string of the molecule is C\C=C/C=C\C(=C/C)Nc1nc(Cl)nc2c1CCCC2. The highest BCUT2D eigenvalue weighted by Gasteiger charge is 2.17. The Morgan fingerprint density at radius 2 is 1.95 bits per heavy atom. The van der Waals surface area contributed by atoms with Crippen LogP contribution in [0.25, 0.3) is 0 Å². The quantitative estimate of drug-likeness (QED) is 0.657. The van der Waals surface area contributed by atoms with Crippen molar-refractivity contribution in [1.82, 2.24) is 9.97 Å². The van der Waals surface area contributed by atoms with Gasteiger partial charge in [0.15, 0.2) is 0 Å². The Kier molecular flexibility index (Phi) is 5.36. The van der Waals surface area contributed by atoms with Crippen LogP contribution in [0.15, 0.2) is 36.1 Å². The molecule has 1 heterocycles. The van der Waals surface area contributed by atoms with Crippen LogP contribution in [0.1, 0.15) is 37.9 Å². The maximum atomic E-state index is 6.02. The number of anilines is 1. The molecule has 3 nitrogen and oxygen atoms in total. The van der Waals surface area contributed by atoms with Gasteiger partial charge in [0.05, 0.1) is 5.69 Å². The Labute approximate surface area is 125 Å². The number of nitrogens with one attached hydrogen (secondary N) is 1. The summed E-state index contributed by atoms with van der Waals surface area (Å²) in [4.78, 5) is 8.70. The van der Waals surface area contributed by atoms with E-state index in [1.807, 2.05) is 44.2 Å². The molecule has 106 valence electrons. The molecule has 2 rings (SSSR count). The summed E-state index contributed by atoms with van der Waals surface area (Å²) in [5.41, 5.74) is 3.30. The molecule has 0 atom stereocenters. The van der Waals surface area contributed by atoms with Crippen molar-refractivity contribution in [3.8, 4) is 0 Å². The number of hydrogen-bond donors (Lipinski definition) is 1. The molecular weight excluding hydrogens is 270 g/mol. The average molecular weight is 290 g/mol. The number of aryl methyl sites for hydroxylation is 1. The third kappa shape index (κ3) is 3.70. The Balaban J connectivity index is 2.26. The van der Waals surface area contributed by atoms with Crippen molar-refractivity contribution in [2.45, 2.75) is 39.5 Å². The molecule has 1 aromatic rings. The molecule has 1 aromatic heterocycles. The second-order valence-electron chi connectivity index (χ2n) is 4.73. The number of rotatable bonds is 4. The van der Waals surface area contributed by atoms with Crippen LogP contribution in [0, 0.1) is 0 Å². The summed E-state index contributed by atoms with van der Waals surface area (Å²) in [5.74, 6) is 0.845. The lowest BCUT2D eigenvalue weighted by Gasteiger charge is -2.19. The minimum Gasteiger partial charge on any atom is -0.340 e. The van der Waals surface area contributed by atoms with E-state index < -0.39 is 0 Å². The van der Waals surface area contributed by atoms with E-state index in [2.05, 4.69) is 15.3 Å². The van der Waals surface area contributed by atoms with Crippen molar-refractivity contribution in [3.63, 3.8) is 0 Å². The first-order chi connectivity index (χ1) is 9.74. The van der Waals surface area contributed by atoms with Crippen molar-refractivity contribution >= 4 is 17.4 Å². The van der Waals surface area contributed by atoms with Crippen LogP contribution in [0.4, 0.5) is 5.82 Å². The lowest BCUT2D eigenvalue weighted by Crippen LogP contribution is -2.12. The Morgan fingerprint density at radius 1 is 1.15 bits per heavy atom. The molecule has 20 heavy (non-hydrogen) atoms. The number of nitrogens with zero attached hydrogens (tertiary/aromatic N) is 2. The topological polar surface area (TPSA) is 37.8 Å². The maximum Gasteiger partial charge on any atom is 0.224 e. The zero-order chi connectivity index (χ0) is 14.4. The van der Waals surface area contributed by atoms with Gasteiger partial charge in [-0.25, -0.2) is 9.97 Å². The van der Waals surface area contributed by atoms with Crippen LogP contribution in [0.3, 0.4) is 0 Å². The lowest BCUT2D eigenvalue weighted by molar-refractivity contribution is 0.664. The molecule has 0 aliphatic heterocycles. The zero-order valence-corrected chi connectivity index (χ0v) is 12.7. The van der Waals surface area contributed by atoms with E-state index in [1.165, 1.54) is 18.4 Å². The number of hydrogen-bond acceptors (Lipinski definition) is 3. The fourth-order valence-corrected chi connectivity index (χ4v) is 2.47. The van der Waals surface area contributed by atoms with Crippen molar-refractivity contribution in [2.75, 3.05) is 5.32 Å². The Morgan fingerprint density at radius 3 is 2.70 bits per heavy atom. The fraction of sp³-hybridized carbons (Fsp3) is 0.375. The molecule has 0 amide bonds. The average Bonchev–Trinajstić information content (AvgIpc) is 2.46. The first kappa shape index (κ1) is 14.8. The summed E-state index contributed by atoms with van der Waals surface area (Å²) >= 11 is 6.02. The van der Waals surface area contributed by atoms with E-state index in [4.69, 9.17) is 11.6 Å². The number of fused-ring (bicyclic) bond motifs is 1. The van der Waals surface area contributed by atoms with Gasteiger partial charge in [0, 0.05) is 11.3 Å². The van der Waals surface area contributed by atoms with E-state index in [1.54, 1.807) is 0 Å². The molecule has 4 heteroatoms. The second-order valence-corrected chi connectivity index (χ2v) is 5.07. The molecule has 1 aliphatic carbocycles. The minimum atomic E-state index is 0.320. The number of aromatic nitrogens is 2. The molecule has 0 bridgehead atoms. The molecular formula is C16H20ClN3. The third-order valence-electron chi connectivity index (χ3n) is 3.31. The van der Waals surface area contributed by atoms with E-state index in [0.717, 1.165) is 30.1 Å². The summed E-state index contributed by atoms with van der Waals surface area (Å²) in [6.45, 7) is 3.99. The molecule has 1 N–H and O–H groups in total. The molecule has 0 saturated carbocycles. The van der Waals surface area contributed by atoms with Gasteiger partial charge in [0.1, 0.15) is 5.82 Å². The molecule has 0 fully saturated rings. The first-order valence-electron chi connectivity index (χ1n) is 7.02. The minimum absolute atomic E-state index is 0.320. The van der Waals surface area contributed by atoms with Crippen LogP contribution in [-0.4, -0.2) is 9.97 Å². The van der Waals surface area contributed by atoms with Crippen molar-refractivity contribution < 1.29 is 0 Å². The summed E-state index contributed by atoms with van der Waals surface area (Å²) in [6, 6.07) is 0. The molecule has 0 aromatic carbocycles. The van der Waals surface area contributed by atoms with Gasteiger partial charge < -0.3 is 5.32 Å². The summed E-state index contributed by atoms with van der Waals surface area (Å²) in [6.07, 6.45) is 14.4. The lowest BCUT2D eigenvalue weighted by atomic mass is 9.96. The normalized spacial score (nSPS) is 15.8. The van der Waals surface area contributed by atoms with Crippen LogP contribution < -0.4 is 5.32 Å². The van der Waals surface area contributed by atoms with Crippen LogP contribution in [0.5, 0.6) is 0 Å². The molecule has 0 radical (unpaired) electrons. The Hall–Kier alpha value is -1.61. The number of allylic oxidation sites excluding steroid dienone is 5. The second kappa shape index (κ2) is 7.25. The first-order valence-corrected chi connectivity index (χ1v) is 7.40. The van der Waals surface area contributed by atoms with E-state index in [-0.39, 0.29) is 0 Å². The van der Waals surface area contributed by atoms with Crippen LogP contribution in [0.2, 0.25) is 5.28 Å². The summed E-state index contributed by atoms with van der Waals surface area (Å²) in [5, 5.41) is 3.68. The smallest absolute Gasteiger partial charge is 0.224 e. The molecule has 0 spiro atoms. The van der Waals surface area contributed by atoms with Crippen LogP contribution in [-0.2, 0) is 12.8 Å². The Bertz CT molecular complexity index is 559. The van der Waals surface area contributed by atoms with E-state index >= 15 is 0 Å². The highest BCUT2D eigenvalue weighted by atomic mass is 35.5. The fourth-order valence-electron chi connectivity index (χ4n) is 2.28. The molecule has 1 aliphatic rings. The summed E-state index contributed by atoms with van der Waals surface area (Å²) in [7, 11) is 0. The van der Waals surface area contributed by atoms with Gasteiger partial charge >= 0.3 is 0 Å². The predicted molar refractivity (Wildman–Crippen MR) is 85.0 cm³/mol. The van der Waals surface area contributed by atoms with Crippen molar-refractivity contribution in [3.05, 3.63) is 52.6 Å². The van der Waals surface area contributed by atoms with Gasteiger partial charge in [-0.05, 0) is 57.2 Å². The molecule has 0 saturated heterocycles. The van der Waals surface area contributed by atoms with Gasteiger partial charge in [-0.3, -0.25) is 0 Å². The highest BCUT2D eigenvalue weighted by Crippen LogP contribution is 2.27. The van der Waals surface area contributed by atoms with Gasteiger partial charge in [0.2, 0.25) is 5.28 Å². The zero-order valence-electron chi connectivity index (χ0n) is 12.0.